The monoisotopic (exact) mass is 496 g/mol. The number of aryl methyl sites for hydroxylation is 2. The van der Waals surface area contributed by atoms with Crippen LogP contribution in [0.5, 0.6) is 0 Å². The van der Waals surface area contributed by atoms with E-state index in [0.717, 1.165) is 57.9 Å². The molecular formula is C21H33IN6. The molecule has 2 N–H and O–H groups in total. The highest BCUT2D eigenvalue weighted by Gasteiger charge is 2.19. The molecule has 1 aromatic heterocycles. The lowest BCUT2D eigenvalue weighted by Gasteiger charge is -2.33. The average molecular weight is 496 g/mol. The number of rotatable bonds is 7. The number of hydrogen-bond acceptors (Lipinski definition) is 3. The van der Waals surface area contributed by atoms with Crippen LogP contribution in [0.2, 0.25) is 0 Å². The summed E-state index contributed by atoms with van der Waals surface area (Å²) in [5.74, 6) is 0.910. The summed E-state index contributed by atoms with van der Waals surface area (Å²) >= 11 is 0. The van der Waals surface area contributed by atoms with Crippen molar-refractivity contribution >= 4 is 29.9 Å². The van der Waals surface area contributed by atoms with Crippen LogP contribution in [0.1, 0.15) is 30.4 Å². The van der Waals surface area contributed by atoms with Crippen LogP contribution in [0.4, 0.5) is 0 Å². The summed E-state index contributed by atoms with van der Waals surface area (Å²) in [6.45, 7) is 7.19. The maximum atomic E-state index is 4.38. The number of guanidine groups is 1. The molecule has 0 atom stereocenters. The summed E-state index contributed by atoms with van der Waals surface area (Å²) < 4.78 is 2.00. The molecule has 0 saturated carbocycles. The minimum atomic E-state index is 0. The molecule has 2 heterocycles. The second-order valence-electron chi connectivity index (χ2n) is 7.31. The molecule has 28 heavy (non-hydrogen) atoms. The molecule has 0 radical (unpaired) electrons. The van der Waals surface area contributed by atoms with Gasteiger partial charge in [0.05, 0.1) is 6.20 Å². The summed E-state index contributed by atoms with van der Waals surface area (Å²) in [6.07, 6.45) is 7.31. The molecule has 0 unspecified atom stereocenters. The zero-order valence-corrected chi connectivity index (χ0v) is 19.3. The number of benzene rings is 1. The smallest absolute Gasteiger partial charge is 0.191 e. The minimum absolute atomic E-state index is 0. The van der Waals surface area contributed by atoms with E-state index in [4.69, 9.17) is 0 Å². The molecule has 0 aliphatic carbocycles. The lowest BCUT2D eigenvalue weighted by molar-refractivity contribution is 0.198. The Morgan fingerprint density at radius 1 is 1.21 bits per heavy atom. The van der Waals surface area contributed by atoms with Gasteiger partial charge in [-0.25, -0.2) is 0 Å². The summed E-state index contributed by atoms with van der Waals surface area (Å²) in [4.78, 5) is 6.91. The van der Waals surface area contributed by atoms with Crippen LogP contribution in [-0.4, -0.2) is 53.4 Å². The molecular weight excluding hydrogens is 463 g/mol. The van der Waals surface area contributed by atoms with E-state index in [1.807, 2.05) is 17.9 Å². The Labute approximate surface area is 185 Å². The Balaban J connectivity index is 0.00000280. The van der Waals surface area contributed by atoms with Gasteiger partial charge in [-0.2, -0.15) is 5.10 Å². The number of aromatic nitrogens is 2. The van der Waals surface area contributed by atoms with Crippen LogP contribution in [0.3, 0.4) is 0 Å². The number of halogens is 1. The van der Waals surface area contributed by atoms with Gasteiger partial charge >= 0.3 is 0 Å². The van der Waals surface area contributed by atoms with Gasteiger partial charge in [0.1, 0.15) is 0 Å². The van der Waals surface area contributed by atoms with Crippen LogP contribution in [0.15, 0.2) is 47.7 Å². The topological polar surface area (TPSA) is 57.5 Å². The number of hydrogen-bond donors (Lipinski definition) is 2. The predicted molar refractivity (Wildman–Crippen MR) is 126 cm³/mol. The van der Waals surface area contributed by atoms with Crippen LogP contribution in [-0.2, 0) is 13.1 Å². The van der Waals surface area contributed by atoms with Crippen molar-refractivity contribution in [1.82, 2.24) is 25.3 Å². The molecule has 1 aliphatic rings. The normalized spacial score (nSPS) is 15.9. The van der Waals surface area contributed by atoms with Crippen molar-refractivity contribution in [1.29, 1.82) is 0 Å². The average Bonchev–Trinajstić information content (AvgIpc) is 3.11. The van der Waals surface area contributed by atoms with E-state index in [2.05, 4.69) is 69.1 Å². The van der Waals surface area contributed by atoms with Gasteiger partial charge in [0.2, 0.25) is 0 Å². The SMILES string of the molecule is CN=C(NCCCn1cc(C)cn1)NC1CCN(Cc2ccccc2)CC1.I. The third kappa shape index (κ3) is 7.43. The van der Waals surface area contributed by atoms with Crippen molar-refractivity contribution in [2.75, 3.05) is 26.7 Å². The number of nitrogens with zero attached hydrogens (tertiary/aromatic N) is 4. The van der Waals surface area contributed by atoms with Crippen molar-refractivity contribution < 1.29 is 0 Å². The fourth-order valence-corrected chi connectivity index (χ4v) is 3.50. The van der Waals surface area contributed by atoms with E-state index in [1.54, 1.807) is 0 Å². The molecule has 6 nitrogen and oxygen atoms in total. The molecule has 1 aromatic carbocycles. The van der Waals surface area contributed by atoms with E-state index in [0.29, 0.717) is 6.04 Å². The highest BCUT2D eigenvalue weighted by Crippen LogP contribution is 2.13. The van der Waals surface area contributed by atoms with Crippen molar-refractivity contribution in [2.45, 2.75) is 45.3 Å². The van der Waals surface area contributed by atoms with Gasteiger partial charge < -0.3 is 10.6 Å². The van der Waals surface area contributed by atoms with Crippen LogP contribution in [0.25, 0.3) is 0 Å². The van der Waals surface area contributed by atoms with E-state index in [-0.39, 0.29) is 24.0 Å². The van der Waals surface area contributed by atoms with Crippen LogP contribution in [0, 0.1) is 6.92 Å². The summed E-state index contributed by atoms with van der Waals surface area (Å²) in [6, 6.07) is 11.2. The Morgan fingerprint density at radius 2 is 1.96 bits per heavy atom. The zero-order valence-electron chi connectivity index (χ0n) is 17.0. The molecule has 7 heteroatoms. The fraction of sp³-hybridized carbons (Fsp3) is 0.524. The Morgan fingerprint density at radius 3 is 2.61 bits per heavy atom. The largest absolute Gasteiger partial charge is 0.356 e. The quantitative estimate of drug-likeness (QED) is 0.268. The summed E-state index contributed by atoms with van der Waals surface area (Å²) in [7, 11) is 1.84. The molecule has 0 amide bonds. The van der Waals surface area contributed by atoms with Crippen molar-refractivity contribution in [3.05, 3.63) is 53.9 Å². The second-order valence-corrected chi connectivity index (χ2v) is 7.31. The Hall–Kier alpha value is -1.61. The predicted octanol–water partition coefficient (Wildman–Crippen LogP) is 3.03. The van der Waals surface area contributed by atoms with E-state index >= 15 is 0 Å². The molecule has 0 bridgehead atoms. The summed E-state index contributed by atoms with van der Waals surface area (Å²) in [5.41, 5.74) is 2.60. The molecule has 154 valence electrons. The molecule has 1 saturated heterocycles. The highest BCUT2D eigenvalue weighted by molar-refractivity contribution is 14.0. The van der Waals surface area contributed by atoms with E-state index in [1.165, 1.54) is 11.1 Å². The number of nitrogens with one attached hydrogen (secondary N) is 2. The lowest BCUT2D eigenvalue weighted by Crippen LogP contribution is -2.48. The molecule has 2 aromatic rings. The first-order valence-corrected chi connectivity index (χ1v) is 9.95. The third-order valence-corrected chi connectivity index (χ3v) is 5.02. The van der Waals surface area contributed by atoms with Gasteiger partial charge in [0, 0.05) is 52.0 Å². The highest BCUT2D eigenvalue weighted by atomic mass is 127. The number of likely N-dealkylation sites (tertiary alicyclic amines) is 1. The van der Waals surface area contributed by atoms with Crippen molar-refractivity contribution in [2.24, 2.45) is 4.99 Å². The van der Waals surface area contributed by atoms with Crippen LogP contribution < -0.4 is 10.6 Å². The molecule has 0 spiro atoms. The summed E-state index contributed by atoms with van der Waals surface area (Å²) in [5, 5.41) is 11.3. The van der Waals surface area contributed by atoms with E-state index < -0.39 is 0 Å². The van der Waals surface area contributed by atoms with Gasteiger partial charge in [0.15, 0.2) is 5.96 Å². The van der Waals surface area contributed by atoms with Gasteiger partial charge in [-0.05, 0) is 37.3 Å². The molecule has 3 rings (SSSR count). The van der Waals surface area contributed by atoms with E-state index in [9.17, 15) is 0 Å². The maximum Gasteiger partial charge on any atom is 0.191 e. The molecule has 1 fully saturated rings. The van der Waals surface area contributed by atoms with Gasteiger partial charge in [-0.3, -0.25) is 14.6 Å². The first-order chi connectivity index (χ1) is 13.2. The molecule has 1 aliphatic heterocycles. The van der Waals surface area contributed by atoms with Gasteiger partial charge in [0.25, 0.3) is 0 Å². The van der Waals surface area contributed by atoms with Gasteiger partial charge in [-0.1, -0.05) is 30.3 Å². The van der Waals surface area contributed by atoms with Crippen molar-refractivity contribution in [3.63, 3.8) is 0 Å². The Kier molecular flexibility index (Phi) is 9.77. The first kappa shape index (κ1) is 22.7. The second kappa shape index (κ2) is 12.1. The van der Waals surface area contributed by atoms with Crippen molar-refractivity contribution in [3.8, 4) is 0 Å². The zero-order chi connectivity index (χ0) is 18.9. The number of aliphatic imine (C=N–C) groups is 1. The first-order valence-electron chi connectivity index (χ1n) is 9.95. The third-order valence-electron chi connectivity index (χ3n) is 5.02. The fourth-order valence-electron chi connectivity index (χ4n) is 3.50. The van der Waals surface area contributed by atoms with Crippen LogP contribution >= 0.6 is 24.0 Å². The lowest BCUT2D eigenvalue weighted by atomic mass is 10.0. The standard InChI is InChI=1S/C21H32N6.HI/c1-18-15-24-27(16-18)12-6-11-23-21(22-2)25-20-9-13-26(14-10-20)17-19-7-4-3-5-8-19;/h3-5,7-8,15-16,20H,6,9-14,17H2,1-2H3,(H2,22,23,25);1H. The number of piperidine rings is 1. The Bertz CT molecular complexity index is 707. The maximum absolute atomic E-state index is 4.38. The minimum Gasteiger partial charge on any atom is -0.356 e. The van der Waals surface area contributed by atoms with Gasteiger partial charge in [-0.15, -0.1) is 24.0 Å².